The normalized spacial score (nSPS) is 10.9. The standard InChI is InChI=1S/C19H22N2O6S/c1-13-16(19(23)26-3)6-5-7-17(13)20-18(22)12-27-15-10-8-14(9-11-15)21(2)28(4,24)25/h5-11H,12H2,1-4H3,(H,20,22). The van der Waals surface area contributed by atoms with E-state index in [2.05, 4.69) is 5.32 Å². The zero-order valence-electron chi connectivity index (χ0n) is 16.1. The molecule has 0 aliphatic heterocycles. The predicted octanol–water partition coefficient (Wildman–Crippen LogP) is 2.19. The molecule has 0 atom stereocenters. The zero-order valence-corrected chi connectivity index (χ0v) is 16.9. The fourth-order valence-electron chi connectivity index (χ4n) is 2.38. The predicted molar refractivity (Wildman–Crippen MR) is 106 cm³/mol. The number of rotatable bonds is 7. The van der Waals surface area contributed by atoms with Gasteiger partial charge in [0.1, 0.15) is 5.75 Å². The minimum Gasteiger partial charge on any atom is -0.484 e. The minimum absolute atomic E-state index is 0.247. The highest BCUT2D eigenvalue weighted by Gasteiger charge is 2.14. The summed E-state index contributed by atoms with van der Waals surface area (Å²) in [6.45, 7) is 1.46. The van der Waals surface area contributed by atoms with E-state index in [0.29, 0.717) is 28.3 Å². The average Bonchev–Trinajstić information content (AvgIpc) is 2.66. The molecule has 0 heterocycles. The molecule has 2 aromatic carbocycles. The van der Waals surface area contributed by atoms with E-state index in [1.165, 1.54) is 14.2 Å². The van der Waals surface area contributed by atoms with Gasteiger partial charge in [-0.05, 0) is 48.9 Å². The molecule has 28 heavy (non-hydrogen) atoms. The summed E-state index contributed by atoms with van der Waals surface area (Å²) in [5.41, 5.74) is 1.93. The summed E-state index contributed by atoms with van der Waals surface area (Å²) < 4.78 is 34.3. The number of esters is 1. The van der Waals surface area contributed by atoms with Gasteiger partial charge < -0.3 is 14.8 Å². The summed E-state index contributed by atoms with van der Waals surface area (Å²) in [4.78, 5) is 23.9. The maximum atomic E-state index is 12.2. The molecule has 0 aliphatic carbocycles. The van der Waals surface area contributed by atoms with Crippen molar-refractivity contribution in [3.05, 3.63) is 53.6 Å². The number of anilines is 2. The van der Waals surface area contributed by atoms with Crippen LogP contribution in [0.3, 0.4) is 0 Å². The van der Waals surface area contributed by atoms with Crippen LogP contribution in [0, 0.1) is 6.92 Å². The molecule has 1 N–H and O–H groups in total. The van der Waals surface area contributed by atoms with Crippen molar-refractivity contribution in [2.45, 2.75) is 6.92 Å². The van der Waals surface area contributed by atoms with Gasteiger partial charge in [-0.15, -0.1) is 0 Å². The van der Waals surface area contributed by atoms with Gasteiger partial charge in [-0.25, -0.2) is 13.2 Å². The summed E-state index contributed by atoms with van der Waals surface area (Å²) >= 11 is 0. The highest BCUT2D eigenvalue weighted by atomic mass is 32.2. The lowest BCUT2D eigenvalue weighted by molar-refractivity contribution is -0.118. The van der Waals surface area contributed by atoms with Gasteiger partial charge >= 0.3 is 5.97 Å². The molecule has 0 aromatic heterocycles. The van der Waals surface area contributed by atoms with Crippen LogP contribution in [0.4, 0.5) is 11.4 Å². The third-order valence-electron chi connectivity index (χ3n) is 4.08. The van der Waals surface area contributed by atoms with Crippen LogP contribution >= 0.6 is 0 Å². The lowest BCUT2D eigenvalue weighted by atomic mass is 10.1. The molecule has 0 saturated carbocycles. The summed E-state index contributed by atoms with van der Waals surface area (Å²) in [6, 6.07) is 11.3. The van der Waals surface area contributed by atoms with E-state index < -0.39 is 21.9 Å². The summed E-state index contributed by atoms with van der Waals surface area (Å²) in [5.74, 6) is -0.465. The monoisotopic (exact) mass is 406 g/mol. The van der Waals surface area contributed by atoms with Crippen molar-refractivity contribution in [1.82, 2.24) is 0 Å². The SMILES string of the molecule is COC(=O)c1cccc(NC(=O)COc2ccc(N(C)S(C)(=O)=O)cc2)c1C. The van der Waals surface area contributed by atoms with Gasteiger partial charge in [0.05, 0.1) is 24.6 Å². The van der Waals surface area contributed by atoms with Crippen molar-refractivity contribution < 1.29 is 27.5 Å². The van der Waals surface area contributed by atoms with Gasteiger partial charge in [-0.2, -0.15) is 0 Å². The van der Waals surface area contributed by atoms with Crippen LogP contribution in [0.1, 0.15) is 15.9 Å². The van der Waals surface area contributed by atoms with Gasteiger partial charge in [0.25, 0.3) is 5.91 Å². The number of nitrogens with one attached hydrogen (secondary N) is 1. The van der Waals surface area contributed by atoms with Crippen molar-refractivity contribution >= 4 is 33.3 Å². The average molecular weight is 406 g/mol. The number of nitrogens with zero attached hydrogens (tertiary/aromatic N) is 1. The summed E-state index contributed by atoms with van der Waals surface area (Å²) in [7, 11) is -0.610. The lowest BCUT2D eigenvalue weighted by Gasteiger charge is -2.17. The zero-order chi connectivity index (χ0) is 20.9. The number of hydrogen-bond donors (Lipinski definition) is 1. The van der Waals surface area contributed by atoms with Crippen LogP contribution in [0.5, 0.6) is 5.75 Å². The lowest BCUT2D eigenvalue weighted by Crippen LogP contribution is -2.24. The van der Waals surface area contributed by atoms with Gasteiger partial charge in [0, 0.05) is 12.7 Å². The molecule has 0 aliphatic rings. The molecular formula is C19H22N2O6S. The number of methoxy groups -OCH3 is 1. The summed E-state index contributed by atoms with van der Waals surface area (Å²) in [6.07, 6.45) is 1.11. The Kier molecular flexibility index (Phi) is 6.63. The fourth-order valence-corrected chi connectivity index (χ4v) is 2.89. The number of carbonyl (C=O) groups is 2. The topological polar surface area (TPSA) is 102 Å². The van der Waals surface area contributed by atoms with E-state index >= 15 is 0 Å². The number of ether oxygens (including phenoxy) is 2. The third-order valence-corrected chi connectivity index (χ3v) is 5.29. The maximum absolute atomic E-state index is 12.2. The van der Waals surface area contributed by atoms with Crippen LogP contribution in [-0.2, 0) is 19.6 Å². The number of sulfonamides is 1. The Balaban J connectivity index is 1.99. The third kappa shape index (κ3) is 5.23. The number of carbonyl (C=O) groups excluding carboxylic acids is 2. The Hall–Kier alpha value is -3.07. The molecular weight excluding hydrogens is 384 g/mol. The van der Waals surface area contributed by atoms with E-state index in [1.54, 1.807) is 49.4 Å². The number of hydrogen-bond acceptors (Lipinski definition) is 6. The molecule has 8 nitrogen and oxygen atoms in total. The molecule has 1 amide bonds. The number of benzene rings is 2. The molecule has 2 rings (SSSR count). The Morgan fingerprint density at radius 2 is 1.75 bits per heavy atom. The van der Waals surface area contributed by atoms with Crippen LogP contribution in [-0.4, -0.2) is 47.3 Å². The van der Waals surface area contributed by atoms with E-state index in [9.17, 15) is 18.0 Å². The van der Waals surface area contributed by atoms with Crippen LogP contribution in [0.15, 0.2) is 42.5 Å². The van der Waals surface area contributed by atoms with Crippen molar-refractivity contribution in [3.8, 4) is 5.75 Å². The maximum Gasteiger partial charge on any atom is 0.338 e. The molecule has 9 heteroatoms. The van der Waals surface area contributed by atoms with E-state index in [1.807, 2.05) is 0 Å². The van der Waals surface area contributed by atoms with Crippen LogP contribution in [0.2, 0.25) is 0 Å². The highest BCUT2D eigenvalue weighted by Crippen LogP contribution is 2.21. The molecule has 0 bridgehead atoms. The van der Waals surface area contributed by atoms with Crippen LogP contribution in [0.25, 0.3) is 0 Å². The summed E-state index contributed by atoms with van der Waals surface area (Å²) in [5, 5.41) is 2.69. The molecule has 0 spiro atoms. The first kappa shape index (κ1) is 21.2. The Labute approximate surface area is 164 Å². The molecule has 0 saturated heterocycles. The fraction of sp³-hybridized carbons (Fsp3) is 0.263. The van der Waals surface area contributed by atoms with Gasteiger partial charge in [-0.1, -0.05) is 6.07 Å². The molecule has 0 radical (unpaired) electrons. The van der Waals surface area contributed by atoms with Gasteiger partial charge in [-0.3, -0.25) is 9.10 Å². The quantitative estimate of drug-likeness (QED) is 0.707. The van der Waals surface area contributed by atoms with Crippen molar-refractivity contribution in [1.29, 1.82) is 0 Å². The smallest absolute Gasteiger partial charge is 0.338 e. The number of amides is 1. The molecule has 0 unspecified atom stereocenters. The van der Waals surface area contributed by atoms with Crippen LogP contribution < -0.4 is 14.4 Å². The molecule has 150 valence electrons. The first-order chi connectivity index (χ1) is 13.1. The van der Waals surface area contributed by atoms with Gasteiger partial charge in [0.2, 0.25) is 10.0 Å². The Morgan fingerprint density at radius 1 is 1.11 bits per heavy atom. The highest BCUT2D eigenvalue weighted by molar-refractivity contribution is 7.92. The van der Waals surface area contributed by atoms with E-state index in [4.69, 9.17) is 9.47 Å². The Morgan fingerprint density at radius 3 is 2.32 bits per heavy atom. The largest absolute Gasteiger partial charge is 0.484 e. The molecule has 2 aromatic rings. The minimum atomic E-state index is -3.35. The van der Waals surface area contributed by atoms with Crippen molar-refractivity contribution in [2.75, 3.05) is 36.6 Å². The Bertz CT molecular complexity index is 970. The second-order valence-electron chi connectivity index (χ2n) is 6.03. The van der Waals surface area contributed by atoms with E-state index in [0.717, 1.165) is 10.6 Å². The molecule has 0 fully saturated rings. The first-order valence-corrected chi connectivity index (χ1v) is 10.1. The second kappa shape index (κ2) is 8.75. The van der Waals surface area contributed by atoms with E-state index in [-0.39, 0.29) is 6.61 Å². The second-order valence-corrected chi connectivity index (χ2v) is 8.04. The van der Waals surface area contributed by atoms with Crippen molar-refractivity contribution in [3.63, 3.8) is 0 Å². The van der Waals surface area contributed by atoms with Crippen molar-refractivity contribution in [2.24, 2.45) is 0 Å². The first-order valence-electron chi connectivity index (χ1n) is 8.28. The van der Waals surface area contributed by atoms with Gasteiger partial charge in [0.15, 0.2) is 6.61 Å².